The zero-order valence-corrected chi connectivity index (χ0v) is 13.0. The largest absolute Gasteiger partial charge is 0.491 e. The van der Waals surface area contributed by atoms with Gasteiger partial charge in [0.05, 0.1) is 17.4 Å². The molecule has 0 spiro atoms. The Kier molecular flexibility index (Phi) is 6.62. The van der Waals surface area contributed by atoms with Crippen LogP contribution < -0.4 is 4.74 Å². The van der Waals surface area contributed by atoms with Gasteiger partial charge in [-0.15, -0.1) is 0 Å². The van der Waals surface area contributed by atoms with Gasteiger partial charge in [0, 0.05) is 19.3 Å². The molecule has 1 aromatic carbocycles. The summed E-state index contributed by atoms with van der Waals surface area (Å²) in [6.07, 6.45) is 0.468. The van der Waals surface area contributed by atoms with E-state index in [0.717, 1.165) is 0 Å². The molecule has 1 rings (SSSR count). The van der Waals surface area contributed by atoms with Crippen LogP contribution in [0.3, 0.4) is 0 Å². The molecule has 0 radical (unpaired) electrons. The van der Waals surface area contributed by atoms with Crippen LogP contribution in [0.15, 0.2) is 24.3 Å². The minimum absolute atomic E-state index is 0.0622. The molecule has 0 aliphatic rings. The summed E-state index contributed by atoms with van der Waals surface area (Å²) < 4.78 is 27.5. The Morgan fingerprint density at radius 2 is 2.00 bits per heavy atom. The second-order valence-corrected chi connectivity index (χ2v) is 7.25. The van der Waals surface area contributed by atoms with Gasteiger partial charge in [0.15, 0.2) is 0 Å². The predicted molar refractivity (Wildman–Crippen MR) is 79.9 cm³/mol. The minimum Gasteiger partial charge on any atom is -0.491 e. The van der Waals surface area contributed by atoms with Crippen LogP contribution in [0.1, 0.15) is 5.56 Å². The van der Waals surface area contributed by atoms with E-state index in [1.807, 2.05) is 6.07 Å². The van der Waals surface area contributed by atoms with Crippen molar-refractivity contribution in [1.82, 2.24) is 4.90 Å². The van der Waals surface area contributed by atoms with E-state index in [1.165, 1.54) is 6.26 Å². The SMILES string of the molecule is CN(CCS(C)(=O)=O)CC(O)COc1ccc(C#N)cc1. The van der Waals surface area contributed by atoms with Crippen molar-refractivity contribution in [2.24, 2.45) is 0 Å². The summed E-state index contributed by atoms with van der Waals surface area (Å²) in [5, 5.41) is 18.5. The van der Waals surface area contributed by atoms with Crippen LogP contribution in [-0.2, 0) is 9.84 Å². The first-order chi connectivity index (χ1) is 9.80. The number of aliphatic hydroxyl groups is 1. The molecule has 0 saturated carbocycles. The fraction of sp³-hybridized carbons (Fsp3) is 0.500. The molecule has 21 heavy (non-hydrogen) atoms. The van der Waals surface area contributed by atoms with Gasteiger partial charge >= 0.3 is 0 Å². The molecule has 0 fully saturated rings. The molecule has 1 aromatic rings. The number of aliphatic hydroxyl groups excluding tert-OH is 1. The van der Waals surface area contributed by atoms with E-state index in [1.54, 1.807) is 36.2 Å². The molecule has 0 amide bonds. The van der Waals surface area contributed by atoms with Crippen molar-refractivity contribution in [3.05, 3.63) is 29.8 Å². The van der Waals surface area contributed by atoms with E-state index in [0.29, 0.717) is 24.4 Å². The molecule has 6 nitrogen and oxygen atoms in total. The summed E-state index contributed by atoms with van der Waals surface area (Å²) >= 11 is 0. The van der Waals surface area contributed by atoms with Crippen LogP contribution in [0.4, 0.5) is 0 Å². The number of nitrogens with zero attached hydrogens (tertiary/aromatic N) is 2. The summed E-state index contributed by atoms with van der Waals surface area (Å²) in [4.78, 5) is 1.74. The number of rotatable bonds is 8. The Bertz CT molecular complexity index is 578. The Morgan fingerprint density at radius 1 is 1.38 bits per heavy atom. The van der Waals surface area contributed by atoms with Gasteiger partial charge in [-0.2, -0.15) is 5.26 Å². The molecule has 1 atom stereocenters. The lowest BCUT2D eigenvalue weighted by atomic mass is 10.2. The Hall–Kier alpha value is -1.62. The van der Waals surface area contributed by atoms with Crippen molar-refractivity contribution in [3.8, 4) is 11.8 Å². The lowest BCUT2D eigenvalue weighted by Crippen LogP contribution is -2.35. The number of likely N-dealkylation sites (N-methyl/N-ethyl adjacent to an activating group) is 1. The van der Waals surface area contributed by atoms with Gasteiger partial charge in [-0.1, -0.05) is 0 Å². The first-order valence-corrected chi connectivity index (χ1v) is 8.53. The highest BCUT2D eigenvalue weighted by Gasteiger charge is 2.11. The highest BCUT2D eigenvalue weighted by Crippen LogP contribution is 2.11. The molecular weight excluding hydrogens is 292 g/mol. The van der Waals surface area contributed by atoms with E-state index in [-0.39, 0.29) is 12.4 Å². The minimum atomic E-state index is -3.00. The molecular formula is C14H20N2O4S. The van der Waals surface area contributed by atoms with Gasteiger partial charge in [-0.05, 0) is 31.3 Å². The fourth-order valence-electron chi connectivity index (χ4n) is 1.64. The van der Waals surface area contributed by atoms with Crippen molar-refractivity contribution < 1.29 is 18.3 Å². The van der Waals surface area contributed by atoms with Crippen LogP contribution in [0.5, 0.6) is 5.75 Å². The van der Waals surface area contributed by atoms with E-state index >= 15 is 0 Å². The predicted octanol–water partition coefficient (Wildman–Crippen LogP) is 0.274. The third kappa shape index (κ3) is 7.66. The lowest BCUT2D eigenvalue weighted by molar-refractivity contribution is 0.0780. The fourth-order valence-corrected chi connectivity index (χ4v) is 2.29. The molecule has 1 N–H and O–H groups in total. The number of hydrogen-bond acceptors (Lipinski definition) is 6. The molecule has 1 unspecified atom stereocenters. The standard InChI is InChI=1S/C14H20N2O4S/c1-16(7-8-21(2,18)19)10-13(17)11-20-14-5-3-12(9-15)4-6-14/h3-6,13,17H,7-8,10-11H2,1-2H3. The maximum Gasteiger partial charge on any atom is 0.148 e. The smallest absolute Gasteiger partial charge is 0.148 e. The average Bonchev–Trinajstić information content (AvgIpc) is 2.43. The van der Waals surface area contributed by atoms with Crippen molar-refractivity contribution in [2.45, 2.75) is 6.10 Å². The Balaban J connectivity index is 2.33. The van der Waals surface area contributed by atoms with Crippen molar-refractivity contribution >= 4 is 9.84 Å². The average molecular weight is 312 g/mol. The normalized spacial score (nSPS) is 12.9. The summed E-state index contributed by atoms with van der Waals surface area (Å²) in [6.45, 7) is 0.799. The van der Waals surface area contributed by atoms with Gasteiger partial charge < -0.3 is 14.7 Å². The maximum atomic E-state index is 11.0. The van der Waals surface area contributed by atoms with Crippen LogP contribution in [0.25, 0.3) is 0 Å². The quantitative estimate of drug-likeness (QED) is 0.741. The molecule has 0 saturated heterocycles. The second kappa shape index (κ2) is 7.98. The summed E-state index contributed by atoms with van der Waals surface area (Å²) in [6, 6.07) is 8.62. The van der Waals surface area contributed by atoms with Gasteiger partial charge in [0.25, 0.3) is 0 Å². The third-order valence-electron chi connectivity index (χ3n) is 2.79. The lowest BCUT2D eigenvalue weighted by Gasteiger charge is -2.20. The number of sulfone groups is 1. The monoisotopic (exact) mass is 312 g/mol. The molecule has 0 bridgehead atoms. The van der Waals surface area contributed by atoms with Crippen LogP contribution in [0, 0.1) is 11.3 Å². The maximum absolute atomic E-state index is 11.0. The number of benzene rings is 1. The van der Waals surface area contributed by atoms with E-state index < -0.39 is 15.9 Å². The van der Waals surface area contributed by atoms with Crippen molar-refractivity contribution in [3.63, 3.8) is 0 Å². The highest BCUT2D eigenvalue weighted by molar-refractivity contribution is 7.90. The van der Waals surface area contributed by atoms with Crippen LogP contribution >= 0.6 is 0 Å². The van der Waals surface area contributed by atoms with Crippen LogP contribution in [0.2, 0.25) is 0 Å². The number of hydrogen-bond donors (Lipinski definition) is 1. The van der Waals surface area contributed by atoms with E-state index in [9.17, 15) is 13.5 Å². The number of ether oxygens (including phenoxy) is 1. The van der Waals surface area contributed by atoms with E-state index in [2.05, 4.69) is 0 Å². The summed E-state index contributed by atoms with van der Waals surface area (Å²) in [5.74, 6) is 0.638. The van der Waals surface area contributed by atoms with Gasteiger partial charge in [-0.25, -0.2) is 8.42 Å². The van der Waals surface area contributed by atoms with E-state index in [4.69, 9.17) is 10.00 Å². The van der Waals surface area contributed by atoms with Crippen molar-refractivity contribution in [2.75, 3.05) is 38.8 Å². The molecule has 7 heteroatoms. The molecule has 0 aromatic heterocycles. The summed E-state index contributed by atoms with van der Waals surface area (Å²) in [5.41, 5.74) is 0.545. The second-order valence-electron chi connectivity index (χ2n) is 4.99. The van der Waals surface area contributed by atoms with Gasteiger partial charge in [-0.3, -0.25) is 0 Å². The zero-order chi connectivity index (χ0) is 15.9. The highest BCUT2D eigenvalue weighted by atomic mass is 32.2. The third-order valence-corrected chi connectivity index (χ3v) is 3.72. The molecule has 0 heterocycles. The Morgan fingerprint density at radius 3 is 2.52 bits per heavy atom. The van der Waals surface area contributed by atoms with Gasteiger partial charge in [0.1, 0.15) is 28.3 Å². The van der Waals surface area contributed by atoms with Crippen LogP contribution in [-0.4, -0.2) is 63.3 Å². The summed E-state index contributed by atoms with van der Waals surface area (Å²) in [7, 11) is -1.25. The molecule has 116 valence electrons. The zero-order valence-electron chi connectivity index (χ0n) is 12.2. The molecule has 0 aliphatic carbocycles. The first kappa shape index (κ1) is 17.4. The number of nitriles is 1. The Labute approximate surface area is 125 Å². The topological polar surface area (TPSA) is 90.6 Å². The molecule has 0 aliphatic heterocycles. The van der Waals surface area contributed by atoms with Gasteiger partial charge in [0.2, 0.25) is 0 Å². The first-order valence-electron chi connectivity index (χ1n) is 6.47. The van der Waals surface area contributed by atoms with Crippen molar-refractivity contribution in [1.29, 1.82) is 5.26 Å².